The van der Waals surface area contributed by atoms with Gasteiger partial charge in [-0.3, -0.25) is 19.5 Å². The molecule has 6 atom stereocenters. The predicted octanol–water partition coefficient (Wildman–Crippen LogP) is 1.65. The van der Waals surface area contributed by atoms with Crippen molar-refractivity contribution >= 4 is 23.4 Å². The van der Waals surface area contributed by atoms with Crippen LogP contribution in [0, 0.1) is 29.6 Å². The van der Waals surface area contributed by atoms with Crippen molar-refractivity contribution < 1.29 is 14.3 Å². The molecule has 1 aromatic carbocycles. The quantitative estimate of drug-likeness (QED) is 0.585. The molecule has 2 heterocycles. The summed E-state index contributed by atoms with van der Waals surface area (Å²) in [5.74, 6) is 0.207. The van der Waals surface area contributed by atoms with Crippen LogP contribution in [-0.2, 0) is 14.3 Å². The fourth-order valence-corrected chi connectivity index (χ4v) is 4.80. The molecule has 3 aliphatic carbocycles. The predicted molar refractivity (Wildman–Crippen MR) is 83.8 cm³/mol. The van der Waals surface area contributed by atoms with Crippen LogP contribution in [0.1, 0.15) is 0 Å². The highest BCUT2D eigenvalue weighted by Gasteiger charge is 2.66. The van der Waals surface area contributed by atoms with Gasteiger partial charge in [0.15, 0.2) is 5.90 Å². The highest BCUT2D eigenvalue weighted by molar-refractivity contribution is 6.23. The lowest BCUT2D eigenvalue weighted by Gasteiger charge is -2.52. The van der Waals surface area contributed by atoms with Crippen molar-refractivity contribution in [1.82, 2.24) is 0 Å². The molecule has 5 aliphatic rings. The van der Waals surface area contributed by atoms with Crippen LogP contribution in [0.5, 0.6) is 0 Å². The van der Waals surface area contributed by atoms with Crippen molar-refractivity contribution in [1.29, 1.82) is 0 Å². The molecular formula is C18H16N2O3. The second-order valence-electron chi connectivity index (χ2n) is 6.63. The zero-order valence-electron chi connectivity index (χ0n) is 12.6. The second-order valence-corrected chi connectivity index (χ2v) is 6.63. The fourth-order valence-electron chi connectivity index (χ4n) is 4.80. The van der Waals surface area contributed by atoms with Crippen LogP contribution in [0.15, 0.2) is 47.5 Å². The number of amides is 2. The van der Waals surface area contributed by atoms with Gasteiger partial charge >= 0.3 is 0 Å². The van der Waals surface area contributed by atoms with E-state index in [1.54, 1.807) is 7.11 Å². The third-order valence-corrected chi connectivity index (χ3v) is 5.74. The SMILES string of the molecule is COC1=N[C@H]2[C@@H]3C=C[C@H]([C@H]4C(=O)N(c5ccccc5)C(=O)[C@H]34)[C@H]12. The normalized spacial score (nSPS) is 39.7. The third-order valence-electron chi connectivity index (χ3n) is 5.74. The summed E-state index contributed by atoms with van der Waals surface area (Å²) in [4.78, 5) is 31.9. The second kappa shape index (κ2) is 4.31. The molecule has 1 saturated heterocycles. The van der Waals surface area contributed by atoms with Crippen molar-refractivity contribution in [2.24, 2.45) is 34.6 Å². The molecule has 0 N–H and O–H groups in total. The van der Waals surface area contributed by atoms with Crippen LogP contribution in [0.3, 0.4) is 0 Å². The van der Waals surface area contributed by atoms with E-state index in [9.17, 15) is 9.59 Å². The van der Waals surface area contributed by atoms with E-state index in [2.05, 4.69) is 17.1 Å². The van der Waals surface area contributed by atoms with E-state index in [0.717, 1.165) is 5.90 Å². The Hall–Kier alpha value is -2.43. The van der Waals surface area contributed by atoms with E-state index in [1.807, 2.05) is 30.3 Å². The molecule has 6 rings (SSSR count). The van der Waals surface area contributed by atoms with Gasteiger partial charge in [0, 0.05) is 11.8 Å². The van der Waals surface area contributed by atoms with Gasteiger partial charge in [0.05, 0.1) is 36.6 Å². The van der Waals surface area contributed by atoms with E-state index < -0.39 is 0 Å². The third kappa shape index (κ3) is 1.45. The number of ether oxygens (including phenoxy) is 1. The Morgan fingerprint density at radius 2 is 1.61 bits per heavy atom. The molecule has 2 aliphatic heterocycles. The first-order chi connectivity index (χ1) is 11.2. The van der Waals surface area contributed by atoms with Crippen LogP contribution in [0.2, 0.25) is 0 Å². The zero-order chi connectivity index (χ0) is 15.7. The number of methoxy groups -OCH3 is 1. The Balaban J connectivity index is 1.57. The first-order valence-electron chi connectivity index (χ1n) is 7.95. The van der Waals surface area contributed by atoms with Gasteiger partial charge in [-0.15, -0.1) is 0 Å². The summed E-state index contributed by atoms with van der Waals surface area (Å²) in [6.45, 7) is 0. The van der Waals surface area contributed by atoms with Gasteiger partial charge in [0.2, 0.25) is 11.8 Å². The van der Waals surface area contributed by atoms with E-state index in [4.69, 9.17) is 4.74 Å². The Kier molecular flexibility index (Phi) is 2.45. The summed E-state index contributed by atoms with van der Waals surface area (Å²) in [5.41, 5.74) is 0.663. The molecular weight excluding hydrogens is 292 g/mol. The molecule has 23 heavy (non-hydrogen) atoms. The summed E-state index contributed by atoms with van der Waals surface area (Å²) in [5, 5.41) is 0. The Morgan fingerprint density at radius 3 is 2.30 bits per heavy atom. The average molecular weight is 308 g/mol. The zero-order valence-corrected chi connectivity index (χ0v) is 12.6. The molecule has 5 heteroatoms. The maximum absolute atomic E-state index is 13.0. The number of nitrogens with zero attached hydrogens (tertiary/aromatic N) is 2. The number of rotatable bonds is 1. The Labute approximate surface area is 133 Å². The standard InChI is InChI=1S/C18H16N2O3/c1-23-16-14-10-7-8-11(15(14)19-16)13-12(10)17(21)20(18(13)22)9-5-3-2-4-6-9/h2-8,10-15H,1H3/t10-,11-,12-,13-,14+,15+/m1/s1. The molecule has 1 aromatic rings. The van der Waals surface area contributed by atoms with Crippen LogP contribution < -0.4 is 4.90 Å². The van der Waals surface area contributed by atoms with Crippen molar-refractivity contribution in [3.8, 4) is 0 Å². The largest absolute Gasteiger partial charge is 0.484 e. The first-order valence-corrected chi connectivity index (χ1v) is 7.95. The van der Waals surface area contributed by atoms with E-state index in [0.29, 0.717) is 5.69 Å². The summed E-state index contributed by atoms with van der Waals surface area (Å²) < 4.78 is 5.34. The first kappa shape index (κ1) is 13.0. The van der Waals surface area contributed by atoms with Gasteiger partial charge < -0.3 is 4.74 Å². The summed E-state index contributed by atoms with van der Waals surface area (Å²) in [7, 11) is 1.62. The number of carbonyl (C=O) groups excluding carboxylic acids is 2. The number of imide groups is 1. The molecule has 2 fully saturated rings. The molecule has 2 bridgehead atoms. The Morgan fingerprint density at radius 1 is 0.957 bits per heavy atom. The minimum Gasteiger partial charge on any atom is -0.484 e. The number of aliphatic imine (C=N–C) groups is 1. The van der Waals surface area contributed by atoms with E-state index >= 15 is 0 Å². The molecule has 0 unspecified atom stereocenters. The van der Waals surface area contributed by atoms with Crippen LogP contribution in [0.4, 0.5) is 5.69 Å². The molecule has 2 amide bonds. The number of anilines is 1. The topological polar surface area (TPSA) is 59.0 Å². The maximum atomic E-state index is 13.0. The lowest BCUT2D eigenvalue weighted by atomic mass is 9.54. The summed E-state index contributed by atoms with van der Waals surface area (Å²) >= 11 is 0. The van der Waals surface area contributed by atoms with Crippen molar-refractivity contribution in [3.63, 3.8) is 0 Å². The van der Waals surface area contributed by atoms with Crippen LogP contribution in [-0.4, -0.2) is 30.9 Å². The van der Waals surface area contributed by atoms with E-state index in [1.165, 1.54) is 4.90 Å². The van der Waals surface area contributed by atoms with Gasteiger partial charge in [-0.25, -0.2) is 0 Å². The van der Waals surface area contributed by atoms with Gasteiger partial charge in [-0.2, -0.15) is 0 Å². The maximum Gasteiger partial charge on any atom is 0.238 e. The number of carbonyl (C=O) groups is 2. The number of hydrogen-bond donors (Lipinski definition) is 0. The number of benzene rings is 1. The Bertz CT molecular complexity index is 770. The van der Waals surface area contributed by atoms with Crippen LogP contribution >= 0.6 is 0 Å². The number of para-hydroxylation sites is 1. The number of allylic oxidation sites excluding steroid dienone is 1. The van der Waals surface area contributed by atoms with Gasteiger partial charge in [0.25, 0.3) is 0 Å². The van der Waals surface area contributed by atoms with Crippen molar-refractivity contribution in [3.05, 3.63) is 42.5 Å². The average Bonchev–Trinajstić information content (AvgIpc) is 2.82. The smallest absolute Gasteiger partial charge is 0.238 e. The summed E-state index contributed by atoms with van der Waals surface area (Å²) in [6, 6.07) is 9.29. The summed E-state index contributed by atoms with van der Waals surface area (Å²) in [6.07, 6.45) is 4.18. The lowest BCUT2D eigenvalue weighted by Crippen LogP contribution is -2.59. The van der Waals surface area contributed by atoms with Gasteiger partial charge in [-0.1, -0.05) is 30.4 Å². The highest BCUT2D eigenvalue weighted by atomic mass is 16.5. The molecule has 0 aromatic heterocycles. The molecule has 5 nitrogen and oxygen atoms in total. The molecule has 0 spiro atoms. The van der Waals surface area contributed by atoms with Gasteiger partial charge in [-0.05, 0) is 12.1 Å². The minimum absolute atomic E-state index is 0.0130. The molecule has 116 valence electrons. The fraction of sp³-hybridized carbons (Fsp3) is 0.389. The van der Waals surface area contributed by atoms with Crippen molar-refractivity contribution in [2.45, 2.75) is 6.04 Å². The van der Waals surface area contributed by atoms with Crippen molar-refractivity contribution in [2.75, 3.05) is 12.0 Å². The van der Waals surface area contributed by atoms with Crippen LogP contribution in [0.25, 0.3) is 0 Å². The lowest BCUT2D eigenvalue weighted by molar-refractivity contribution is -0.126. The van der Waals surface area contributed by atoms with Gasteiger partial charge in [0.1, 0.15) is 0 Å². The number of hydrogen-bond acceptors (Lipinski definition) is 4. The van der Waals surface area contributed by atoms with E-state index in [-0.39, 0.29) is 47.4 Å². The monoisotopic (exact) mass is 308 g/mol. The highest BCUT2D eigenvalue weighted by Crippen LogP contribution is 2.56. The minimum atomic E-state index is -0.278. The molecule has 1 saturated carbocycles. The molecule has 0 radical (unpaired) electrons.